The highest BCUT2D eigenvalue weighted by Crippen LogP contribution is 2.43. The van der Waals surface area contributed by atoms with E-state index in [1.807, 2.05) is 0 Å². The van der Waals surface area contributed by atoms with E-state index >= 15 is 0 Å². The zero-order valence-electron chi connectivity index (χ0n) is 24.4. The van der Waals surface area contributed by atoms with Crippen LogP contribution in [-0.2, 0) is 0 Å². The molecule has 0 unspecified atom stereocenters. The van der Waals surface area contributed by atoms with E-state index in [1.54, 1.807) is 19.1 Å². The van der Waals surface area contributed by atoms with Crippen molar-refractivity contribution < 1.29 is 13.5 Å². The van der Waals surface area contributed by atoms with Crippen LogP contribution in [0.25, 0.3) is 0 Å². The normalized spacial score (nSPS) is 30.5. The van der Waals surface area contributed by atoms with Crippen molar-refractivity contribution in [3.63, 3.8) is 0 Å². The molecule has 1 aromatic rings. The molecule has 38 heavy (non-hydrogen) atoms. The SMILES string of the molecule is CCCCCC1CCC(C2CCC(/C=C/CCC3CCC(c4ccc(OCC)c(F)c4F)CC3)CC2)CC1. The smallest absolute Gasteiger partial charge is 0.200 e. The second-order valence-electron chi connectivity index (χ2n) is 12.9. The summed E-state index contributed by atoms with van der Waals surface area (Å²) in [6.07, 6.45) is 29.0. The van der Waals surface area contributed by atoms with Crippen molar-refractivity contribution in [1.29, 1.82) is 0 Å². The molecular weight excluding hydrogens is 474 g/mol. The number of benzene rings is 1. The molecule has 0 aliphatic heterocycles. The third-order valence-electron chi connectivity index (χ3n) is 10.4. The second-order valence-corrected chi connectivity index (χ2v) is 12.9. The number of allylic oxidation sites excluding steroid dienone is 2. The van der Waals surface area contributed by atoms with Crippen LogP contribution in [0.3, 0.4) is 0 Å². The Labute approximate surface area is 232 Å². The summed E-state index contributed by atoms with van der Waals surface area (Å²) in [5.41, 5.74) is 0.542. The fourth-order valence-corrected chi connectivity index (χ4v) is 7.95. The van der Waals surface area contributed by atoms with Gasteiger partial charge in [0.2, 0.25) is 5.82 Å². The molecular formula is C35H54F2O. The predicted octanol–water partition coefficient (Wildman–Crippen LogP) is 11.2. The van der Waals surface area contributed by atoms with Crippen LogP contribution in [0, 0.1) is 41.2 Å². The largest absolute Gasteiger partial charge is 0.491 e. The monoisotopic (exact) mass is 528 g/mol. The Morgan fingerprint density at radius 1 is 0.737 bits per heavy atom. The lowest BCUT2D eigenvalue weighted by Gasteiger charge is -2.37. The van der Waals surface area contributed by atoms with Gasteiger partial charge in [0.05, 0.1) is 6.61 Å². The van der Waals surface area contributed by atoms with Crippen molar-refractivity contribution in [2.24, 2.45) is 29.6 Å². The first-order valence-electron chi connectivity index (χ1n) is 16.4. The van der Waals surface area contributed by atoms with E-state index in [1.165, 1.54) is 89.9 Å². The molecule has 0 atom stereocenters. The zero-order chi connectivity index (χ0) is 26.7. The lowest BCUT2D eigenvalue weighted by molar-refractivity contribution is 0.151. The van der Waals surface area contributed by atoms with Crippen LogP contribution in [0.4, 0.5) is 8.78 Å². The summed E-state index contributed by atoms with van der Waals surface area (Å²) in [5.74, 6) is 3.21. The molecule has 0 spiro atoms. The number of hydrogen-bond donors (Lipinski definition) is 0. The highest BCUT2D eigenvalue weighted by molar-refractivity contribution is 5.33. The summed E-state index contributed by atoms with van der Waals surface area (Å²) in [6, 6.07) is 3.34. The summed E-state index contributed by atoms with van der Waals surface area (Å²) < 4.78 is 34.1. The van der Waals surface area contributed by atoms with Crippen LogP contribution in [0.1, 0.15) is 141 Å². The summed E-state index contributed by atoms with van der Waals surface area (Å²) in [7, 11) is 0. The molecule has 3 aliphatic rings. The molecule has 1 aromatic carbocycles. The number of rotatable bonds is 12. The van der Waals surface area contributed by atoms with E-state index in [2.05, 4.69) is 19.1 Å². The number of hydrogen-bond acceptors (Lipinski definition) is 1. The Hall–Kier alpha value is -1.38. The van der Waals surface area contributed by atoms with E-state index in [4.69, 9.17) is 4.74 Å². The van der Waals surface area contributed by atoms with Gasteiger partial charge in [-0.2, -0.15) is 4.39 Å². The number of unbranched alkanes of at least 4 members (excludes halogenated alkanes) is 2. The molecule has 0 amide bonds. The second kappa shape index (κ2) is 15.4. The van der Waals surface area contributed by atoms with Gasteiger partial charge < -0.3 is 4.74 Å². The first-order valence-corrected chi connectivity index (χ1v) is 16.4. The molecule has 214 valence electrons. The van der Waals surface area contributed by atoms with E-state index in [0.29, 0.717) is 12.2 Å². The maximum absolute atomic E-state index is 14.6. The summed E-state index contributed by atoms with van der Waals surface area (Å²) in [5, 5.41) is 0. The first-order chi connectivity index (χ1) is 18.6. The molecule has 4 rings (SSSR count). The lowest BCUT2D eigenvalue weighted by Crippen LogP contribution is -2.25. The van der Waals surface area contributed by atoms with Crippen LogP contribution in [0.5, 0.6) is 5.75 Å². The Balaban J connectivity index is 1.10. The van der Waals surface area contributed by atoms with E-state index in [9.17, 15) is 8.78 Å². The fraction of sp³-hybridized carbons (Fsp3) is 0.771. The molecule has 0 N–H and O–H groups in total. The third kappa shape index (κ3) is 8.31. The molecule has 0 saturated heterocycles. The average Bonchev–Trinajstić information content (AvgIpc) is 2.95. The van der Waals surface area contributed by atoms with Gasteiger partial charge in [0.1, 0.15) is 0 Å². The van der Waals surface area contributed by atoms with E-state index in [0.717, 1.165) is 55.3 Å². The highest BCUT2D eigenvalue weighted by Gasteiger charge is 2.30. The van der Waals surface area contributed by atoms with Crippen LogP contribution < -0.4 is 4.74 Å². The van der Waals surface area contributed by atoms with Crippen molar-refractivity contribution in [2.75, 3.05) is 6.61 Å². The first kappa shape index (κ1) is 29.6. The van der Waals surface area contributed by atoms with Gasteiger partial charge in [0.15, 0.2) is 11.6 Å². The average molecular weight is 529 g/mol. The fourth-order valence-electron chi connectivity index (χ4n) is 7.95. The lowest BCUT2D eigenvalue weighted by atomic mass is 9.68. The topological polar surface area (TPSA) is 9.23 Å². The molecule has 3 heteroatoms. The van der Waals surface area contributed by atoms with E-state index in [-0.39, 0.29) is 11.7 Å². The predicted molar refractivity (Wildman–Crippen MR) is 156 cm³/mol. The van der Waals surface area contributed by atoms with Gasteiger partial charge in [-0.3, -0.25) is 0 Å². The van der Waals surface area contributed by atoms with Crippen LogP contribution >= 0.6 is 0 Å². The van der Waals surface area contributed by atoms with Crippen molar-refractivity contribution in [1.82, 2.24) is 0 Å². The van der Waals surface area contributed by atoms with Crippen molar-refractivity contribution in [3.8, 4) is 5.75 Å². The zero-order valence-corrected chi connectivity index (χ0v) is 24.4. The Bertz CT molecular complexity index is 840. The maximum atomic E-state index is 14.6. The minimum absolute atomic E-state index is 0.0306. The van der Waals surface area contributed by atoms with Gasteiger partial charge in [-0.05, 0) is 131 Å². The maximum Gasteiger partial charge on any atom is 0.200 e. The molecule has 0 radical (unpaired) electrons. The molecule has 3 aliphatic carbocycles. The van der Waals surface area contributed by atoms with Crippen LogP contribution in [0.15, 0.2) is 24.3 Å². The van der Waals surface area contributed by atoms with Gasteiger partial charge in [-0.1, -0.05) is 63.7 Å². The molecule has 0 aromatic heterocycles. The van der Waals surface area contributed by atoms with E-state index < -0.39 is 11.6 Å². The van der Waals surface area contributed by atoms with Crippen LogP contribution in [-0.4, -0.2) is 6.61 Å². The number of ether oxygens (including phenoxy) is 1. The Morgan fingerprint density at radius 3 is 2.03 bits per heavy atom. The third-order valence-corrected chi connectivity index (χ3v) is 10.4. The summed E-state index contributed by atoms with van der Waals surface area (Å²) in [4.78, 5) is 0. The van der Waals surface area contributed by atoms with Gasteiger partial charge >= 0.3 is 0 Å². The van der Waals surface area contributed by atoms with Gasteiger partial charge in [-0.15, -0.1) is 0 Å². The minimum atomic E-state index is -0.823. The van der Waals surface area contributed by atoms with Gasteiger partial charge in [0, 0.05) is 0 Å². The molecule has 0 bridgehead atoms. The standard InChI is InChI=1S/C35H54F2O/c1-3-5-6-9-26-12-18-29(19-13-26)30-20-14-27(15-21-30)10-7-8-11-28-16-22-31(23-17-28)32-24-25-33(38-4-2)35(37)34(32)36/h7,10,24-31H,3-6,8-9,11-23H2,1-2H3/b10-7+. The highest BCUT2D eigenvalue weighted by atomic mass is 19.2. The van der Waals surface area contributed by atoms with Gasteiger partial charge in [-0.25, -0.2) is 4.39 Å². The molecule has 0 heterocycles. The molecule has 3 saturated carbocycles. The Morgan fingerprint density at radius 2 is 1.37 bits per heavy atom. The quantitative estimate of drug-likeness (QED) is 0.194. The summed E-state index contributed by atoms with van der Waals surface area (Å²) >= 11 is 0. The van der Waals surface area contributed by atoms with Crippen molar-refractivity contribution in [2.45, 2.75) is 135 Å². The summed E-state index contributed by atoms with van der Waals surface area (Å²) in [6.45, 7) is 4.44. The van der Waals surface area contributed by atoms with Crippen molar-refractivity contribution in [3.05, 3.63) is 41.5 Å². The Kier molecular flexibility index (Phi) is 12.0. The van der Waals surface area contributed by atoms with Crippen molar-refractivity contribution >= 4 is 0 Å². The van der Waals surface area contributed by atoms with Crippen LogP contribution in [0.2, 0.25) is 0 Å². The number of halogens is 2. The molecule has 1 nitrogen and oxygen atoms in total. The molecule has 3 fully saturated rings. The minimum Gasteiger partial charge on any atom is -0.491 e. The van der Waals surface area contributed by atoms with Gasteiger partial charge in [0.25, 0.3) is 0 Å².